The van der Waals surface area contributed by atoms with Gasteiger partial charge in [0.05, 0.1) is 5.69 Å². The number of rotatable bonds is 4. The lowest BCUT2D eigenvalue weighted by molar-refractivity contribution is 0.441. The number of ether oxygens (including phenoxy) is 1. The van der Waals surface area contributed by atoms with E-state index >= 15 is 0 Å². The van der Waals surface area contributed by atoms with E-state index < -0.39 is 0 Å². The van der Waals surface area contributed by atoms with Crippen molar-refractivity contribution in [1.29, 1.82) is 0 Å². The van der Waals surface area contributed by atoms with Crippen LogP contribution < -0.4 is 4.74 Å². The Bertz CT molecular complexity index is 744. The fourth-order valence-corrected chi connectivity index (χ4v) is 3.17. The first kappa shape index (κ1) is 14.3. The maximum absolute atomic E-state index is 5.67. The van der Waals surface area contributed by atoms with Crippen molar-refractivity contribution in [2.45, 2.75) is 5.33 Å². The van der Waals surface area contributed by atoms with Crippen LogP contribution in [0, 0.1) is 0 Å². The number of alkyl halides is 1. The van der Waals surface area contributed by atoms with Crippen molar-refractivity contribution >= 4 is 31.9 Å². The maximum atomic E-state index is 5.67. The average Bonchev–Trinajstić information content (AvgIpc) is 2.97. The Labute approximate surface area is 139 Å². The van der Waals surface area contributed by atoms with Crippen molar-refractivity contribution in [1.82, 2.24) is 14.8 Å². The number of nitrogens with zero attached hydrogens (tertiary/aromatic N) is 3. The van der Waals surface area contributed by atoms with E-state index in [1.165, 1.54) is 0 Å². The van der Waals surface area contributed by atoms with Gasteiger partial charge in [0, 0.05) is 9.80 Å². The van der Waals surface area contributed by atoms with Crippen molar-refractivity contribution in [3.05, 3.63) is 64.9 Å². The van der Waals surface area contributed by atoms with E-state index in [9.17, 15) is 0 Å². The molecule has 106 valence electrons. The van der Waals surface area contributed by atoms with E-state index in [1.54, 1.807) is 11.0 Å². The Morgan fingerprint density at radius 2 is 1.90 bits per heavy atom. The van der Waals surface area contributed by atoms with Crippen molar-refractivity contribution in [3.8, 4) is 17.4 Å². The number of para-hydroxylation sites is 1. The van der Waals surface area contributed by atoms with Gasteiger partial charge in [0.25, 0.3) is 0 Å². The first-order valence-electron chi connectivity index (χ1n) is 6.25. The largest absolute Gasteiger partial charge is 0.423 e. The number of halogens is 2. The van der Waals surface area contributed by atoms with Crippen LogP contribution in [-0.4, -0.2) is 14.8 Å². The SMILES string of the molecule is BrCc1ccc(Oc2ncn(-c3ccccc3)n2)cc1Br. The van der Waals surface area contributed by atoms with E-state index in [-0.39, 0.29) is 0 Å². The van der Waals surface area contributed by atoms with Gasteiger partial charge in [0.1, 0.15) is 12.1 Å². The highest BCUT2D eigenvalue weighted by molar-refractivity contribution is 9.10. The zero-order valence-electron chi connectivity index (χ0n) is 10.9. The van der Waals surface area contributed by atoms with Crippen molar-refractivity contribution in [2.24, 2.45) is 0 Å². The number of aromatic nitrogens is 3. The lowest BCUT2D eigenvalue weighted by Crippen LogP contribution is -1.94. The molecule has 0 saturated heterocycles. The van der Waals surface area contributed by atoms with Crippen LogP contribution >= 0.6 is 31.9 Å². The summed E-state index contributed by atoms with van der Waals surface area (Å²) in [7, 11) is 0. The summed E-state index contributed by atoms with van der Waals surface area (Å²) in [5.74, 6) is 0.692. The zero-order valence-corrected chi connectivity index (χ0v) is 14.1. The third-order valence-electron chi connectivity index (χ3n) is 2.87. The summed E-state index contributed by atoms with van der Waals surface area (Å²) in [5.41, 5.74) is 2.10. The predicted molar refractivity (Wildman–Crippen MR) is 88.2 cm³/mol. The molecule has 0 amide bonds. The molecule has 0 unspecified atom stereocenters. The molecule has 0 N–H and O–H groups in total. The molecule has 0 spiro atoms. The van der Waals surface area contributed by atoms with E-state index in [4.69, 9.17) is 4.74 Å². The van der Waals surface area contributed by atoms with E-state index in [2.05, 4.69) is 41.9 Å². The van der Waals surface area contributed by atoms with Crippen molar-refractivity contribution in [2.75, 3.05) is 0 Å². The van der Waals surface area contributed by atoms with Gasteiger partial charge in [0.15, 0.2) is 0 Å². The molecule has 6 heteroatoms. The third-order valence-corrected chi connectivity index (χ3v) is 4.21. The Kier molecular flexibility index (Phi) is 4.36. The second-order valence-corrected chi connectivity index (χ2v) is 5.71. The third kappa shape index (κ3) is 3.33. The summed E-state index contributed by atoms with van der Waals surface area (Å²) in [5, 5.41) is 5.09. The average molecular weight is 409 g/mol. The highest BCUT2D eigenvalue weighted by Gasteiger charge is 2.07. The molecule has 0 atom stereocenters. The van der Waals surface area contributed by atoms with Crippen LogP contribution in [0.5, 0.6) is 11.8 Å². The molecule has 4 nitrogen and oxygen atoms in total. The van der Waals surface area contributed by atoms with Crippen molar-refractivity contribution < 1.29 is 4.74 Å². The minimum atomic E-state index is 0.317. The fourth-order valence-electron chi connectivity index (χ4n) is 1.81. The van der Waals surface area contributed by atoms with E-state index in [0.29, 0.717) is 11.8 Å². The second kappa shape index (κ2) is 6.41. The number of benzene rings is 2. The van der Waals surface area contributed by atoms with Gasteiger partial charge in [-0.25, -0.2) is 4.68 Å². The van der Waals surface area contributed by atoms with Gasteiger partial charge in [0.2, 0.25) is 0 Å². The first-order valence-corrected chi connectivity index (χ1v) is 8.17. The molecule has 3 aromatic rings. The van der Waals surface area contributed by atoms with Crippen LogP contribution in [0.15, 0.2) is 59.3 Å². The molecule has 0 radical (unpaired) electrons. The minimum absolute atomic E-state index is 0.317. The predicted octanol–water partition coefficient (Wildman–Crippen LogP) is 4.72. The number of hydrogen-bond donors (Lipinski definition) is 0. The molecule has 3 rings (SSSR count). The van der Waals surface area contributed by atoms with Gasteiger partial charge in [-0.3, -0.25) is 0 Å². The summed E-state index contributed by atoms with van der Waals surface area (Å²) in [4.78, 5) is 4.17. The first-order chi connectivity index (χ1) is 10.3. The van der Waals surface area contributed by atoms with Gasteiger partial charge in [-0.1, -0.05) is 56.1 Å². The molecule has 0 fully saturated rings. The lowest BCUT2D eigenvalue weighted by Gasteiger charge is -2.04. The maximum Gasteiger partial charge on any atom is 0.341 e. The van der Waals surface area contributed by atoms with Crippen LogP contribution in [0.3, 0.4) is 0 Å². The molecule has 0 bridgehead atoms. The topological polar surface area (TPSA) is 39.9 Å². The molecule has 2 aromatic carbocycles. The standard InChI is InChI=1S/C15H11Br2N3O/c16-9-11-6-7-13(8-14(11)17)21-15-18-10-20(19-15)12-4-2-1-3-5-12/h1-8,10H,9H2. The smallest absolute Gasteiger partial charge is 0.341 e. The van der Waals surface area contributed by atoms with Crippen molar-refractivity contribution in [3.63, 3.8) is 0 Å². The summed E-state index contributed by atoms with van der Waals surface area (Å²) >= 11 is 6.94. The summed E-state index contributed by atoms with van der Waals surface area (Å²) in [6.07, 6.45) is 1.63. The summed E-state index contributed by atoms with van der Waals surface area (Å²) < 4.78 is 8.34. The molecule has 0 aliphatic rings. The highest BCUT2D eigenvalue weighted by Crippen LogP contribution is 2.27. The molecule has 1 aromatic heterocycles. The molecular formula is C15H11Br2N3O. The molecule has 21 heavy (non-hydrogen) atoms. The Hall–Kier alpha value is -1.66. The monoisotopic (exact) mass is 407 g/mol. The van der Waals surface area contributed by atoms with E-state index in [0.717, 1.165) is 21.1 Å². The summed E-state index contributed by atoms with van der Waals surface area (Å²) in [6, 6.07) is 15.9. The van der Waals surface area contributed by atoms with Gasteiger partial charge < -0.3 is 4.74 Å². The van der Waals surface area contributed by atoms with Crippen LogP contribution in [-0.2, 0) is 5.33 Å². The fraction of sp³-hybridized carbons (Fsp3) is 0.0667. The molecule has 1 heterocycles. The minimum Gasteiger partial charge on any atom is -0.423 e. The van der Waals surface area contributed by atoms with Crippen LogP contribution in [0.2, 0.25) is 0 Å². The Morgan fingerprint density at radius 1 is 1.10 bits per heavy atom. The molecule has 0 aliphatic heterocycles. The zero-order chi connectivity index (χ0) is 14.7. The second-order valence-electron chi connectivity index (χ2n) is 4.30. The lowest BCUT2D eigenvalue weighted by atomic mass is 10.2. The Balaban J connectivity index is 1.80. The summed E-state index contributed by atoms with van der Waals surface area (Å²) in [6.45, 7) is 0. The van der Waals surface area contributed by atoms with Gasteiger partial charge >= 0.3 is 6.01 Å². The highest BCUT2D eigenvalue weighted by atomic mass is 79.9. The van der Waals surface area contributed by atoms with Crippen LogP contribution in [0.25, 0.3) is 5.69 Å². The van der Waals surface area contributed by atoms with Crippen LogP contribution in [0.1, 0.15) is 5.56 Å². The Morgan fingerprint density at radius 3 is 2.62 bits per heavy atom. The van der Waals surface area contributed by atoms with Gasteiger partial charge in [-0.15, -0.1) is 5.10 Å². The molecule has 0 saturated carbocycles. The van der Waals surface area contributed by atoms with Gasteiger partial charge in [-0.2, -0.15) is 4.98 Å². The molecular weight excluding hydrogens is 398 g/mol. The van der Waals surface area contributed by atoms with Gasteiger partial charge in [-0.05, 0) is 29.8 Å². The number of hydrogen-bond acceptors (Lipinski definition) is 3. The quantitative estimate of drug-likeness (QED) is 0.586. The normalized spacial score (nSPS) is 10.6. The van der Waals surface area contributed by atoms with E-state index in [1.807, 2.05) is 48.5 Å². The van der Waals surface area contributed by atoms with Crippen LogP contribution in [0.4, 0.5) is 0 Å². The molecule has 0 aliphatic carbocycles.